The third-order valence-electron chi connectivity index (χ3n) is 3.15. The summed E-state index contributed by atoms with van der Waals surface area (Å²) in [5, 5.41) is 7.35. The second kappa shape index (κ2) is 11.5. The molecule has 0 aliphatic rings. The van der Waals surface area contributed by atoms with Gasteiger partial charge in [0.05, 0.1) is 5.69 Å². The molecule has 0 aliphatic heterocycles. The lowest BCUT2D eigenvalue weighted by molar-refractivity contribution is 0.375. The van der Waals surface area contributed by atoms with E-state index in [1.807, 2.05) is 19.2 Å². The molecule has 1 N–H and O–H groups in total. The molecule has 0 fully saturated rings. The molecule has 0 spiro atoms. The highest BCUT2D eigenvalue weighted by molar-refractivity contribution is 14.0. The first-order chi connectivity index (χ1) is 10.1. The second-order valence-electron chi connectivity index (χ2n) is 5.40. The van der Waals surface area contributed by atoms with Gasteiger partial charge in [0, 0.05) is 26.2 Å². The summed E-state index contributed by atoms with van der Waals surface area (Å²) in [6.45, 7) is 12.3. The number of rotatable bonds is 8. The maximum atomic E-state index is 5.32. The molecule has 0 amide bonds. The molecular formula is C16H29IN4O. The van der Waals surface area contributed by atoms with Gasteiger partial charge in [0.15, 0.2) is 11.7 Å². The van der Waals surface area contributed by atoms with E-state index in [4.69, 9.17) is 4.52 Å². The molecule has 0 aromatic carbocycles. The van der Waals surface area contributed by atoms with Crippen LogP contribution in [0.15, 0.2) is 28.2 Å². The van der Waals surface area contributed by atoms with Crippen molar-refractivity contribution in [2.45, 2.75) is 46.1 Å². The molecule has 0 radical (unpaired) electrons. The van der Waals surface area contributed by atoms with Crippen molar-refractivity contribution in [3.8, 4) is 0 Å². The fourth-order valence-electron chi connectivity index (χ4n) is 1.88. The summed E-state index contributed by atoms with van der Waals surface area (Å²) in [5.41, 5.74) is 0.976. The third-order valence-corrected chi connectivity index (χ3v) is 3.15. The number of aromatic nitrogens is 1. The van der Waals surface area contributed by atoms with Crippen LogP contribution in [0.25, 0.3) is 0 Å². The van der Waals surface area contributed by atoms with Crippen molar-refractivity contribution in [2.75, 3.05) is 20.1 Å². The summed E-state index contributed by atoms with van der Waals surface area (Å²) in [4.78, 5) is 6.74. The Morgan fingerprint density at radius 2 is 2.27 bits per heavy atom. The lowest BCUT2D eigenvalue weighted by atomic mass is 10.1. The van der Waals surface area contributed by atoms with Gasteiger partial charge in [-0.25, -0.2) is 4.99 Å². The van der Waals surface area contributed by atoms with Crippen molar-refractivity contribution in [3.05, 3.63) is 30.2 Å². The lowest BCUT2D eigenvalue weighted by Gasteiger charge is -2.21. The van der Waals surface area contributed by atoms with Crippen LogP contribution in [0.5, 0.6) is 0 Å². The van der Waals surface area contributed by atoms with Gasteiger partial charge >= 0.3 is 0 Å². The number of hydrogen-bond acceptors (Lipinski definition) is 3. The van der Waals surface area contributed by atoms with Crippen LogP contribution in [-0.2, 0) is 6.54 Å². The molecule has 6 heteroatoms. The first-order valence-corrected chi connectivity index (χ1v) is 7.64. The average molecular weight is 420 g/mol. The van der Waals surface area contributed by atoms with Crippen LogP contribution in [0.3, 0.4) is 0 Å². The molecular weight excluding hydrogens is 391 g/mol. The summed E-state index contributed by atoms with van der Waals surface area (Å²) in [6.07, 6.45) is 4.04. The number of guanidine groups is 1. The molecule has 126 valence electrons. The summed E-state index contributed by atoms with van der Waals surface area (Å²) < 4.78 is 5.32. The van der Waals surface area contributed by atoms with Crippen molar-refractivity contribution in [1.82, 2.24) is 15.4 Å². The average Bonchev–Trinajstić information content (AvgIpc) is 2.92. The molecule has 0 unspecified atom stereocenters. The first-order valence-electron chi connectivity index (χ1n) is 7.64. The quantitative estimate of drug-likeness (QED) is 0.229. The number of allylic oxidation sites excluding steroid dienone is 1. The van der Waals surface area contributed by atoms with Gasteiger partial charge in [0.2, 0.25) is 0 Å². The van der Waals surface area contributed by atoms with E-state index >= 15 is 0 Å². The molecule has 1 aromatic rings. The molecule has 0 aliphatic carbocycles. The van der Waals surface area contributed by atoms with Crippen molar-refractivity contribution < 1.29 is 4.52 Å². The highest BCUT2D eigenvalue weighted by Crippen LogP contribution is 2.14. The minimum atomic E-state index is 0. The highest BCUT2D eigenvalue weighted by atomic mass is 127. The van der Waals surface area contributed by atoms with Crippen LogP contribution in [0.1, 0.15) is 51.0 Å². The molecule has 22 heavy (non-hydrogen) atoms. The Hall–Kier alpha value is -1.05. The van der Waals surface area contributed by atoms with E-state index in [0.29, 0.717) is 12.5 Å². The van der Waals surface area contributed by atoms with Gasteiger partial charge < -0.3 is 14.7 Å². The largest absolute Gasteiger partial charge is 0.359 e. The van der Waals surface area contributed by atoms with Gasteiger partial charge in [-0.2, -0.15) is 0 Å². The Labute approximate surface area is 151 Å². The Bertz CT molecular complexity index is 457. The van der Waals surface area contributed by atoms with Gasteiger partial charge in [0.1, 0.15) is 6.54 Å². The van der Waals surface area contributed by atoms with Crippen LogP contribution in [-0.4, -0.2) is 36.2 Å². The van der Waals surface area contributed by atoms with E-state index in [1.165, 1.54) is 0 Å². The molecule has 1 heterocycles. The predicted molar refractivity (Wildman–Crippen MR) is 103 cm³/mol. The smallest absolute Gasteiger partial charge is 0.194 e. The number of halogens is 1. The summed E-state index contributed by atoms with van der Waals surface area (Å²) in [5.74, 6) is 2.07. The number of nitrogens with zero attached hydrogens (tertiary/aromatic N) is 3. The molecule has 0 saturated carbocycles. The molecule has 1 rings (SSSR count). The Morgan fingerprint density at radius 1 is 1.55 bits per heavy atom. The molecule has 5 nitrogen and oxygen atoms in total. The second-order valence-corrected chi connectivity index (χ2v) is 5.40. The normalized spacial score (nSPS) is 11.2. The van der Waals surface area contributed by atoms with Gasteiger partial charge in [-0.1, -0.05) is 25.1 Å². The minimum Gasteiger partial charge on any atom is -0.359 e. The van der Waals surface area contributed by atoms with Crippen molar-refractivity contribution in [2.24, 2.45) is 4.99 Å². The number of hydrogen-bond donors (Lipinski definition) is 1. The Kier molecular flexibility index (Phi) is 11.0. The Morgan fingerprint density at radius 3 is 2.82 bits per heavy atom. The SMILES string of the molecule is C=CCCCN(C)C(=NCc1cc(C(C)C)no1)NCC.I. The van der Waals surface area contributed by atoms with Gasteiger partial charge in [0.25, 0.3) is 0 Å². The van der Waals surface area contributed by atoms with Crippen molar-refractivity contribution in [1.29, 1.82) is 0 Å². The minimum absolute atomic E-state index is 0. The molecule has 0 saturated heterocycles. The maximum absolute atomic E-state index is 5.32. The zero-order chi connectivity index (χ0) is 15.7. The van der Waals surface area contributed by atoms with Gasteiger partial charge in [-0.3, -0.25) is 0 Å². The van der Waals surface area contributed by atoms with Crippen LogP contribution in [0.2, 0.25) is 0 Å². The van der Waals surface area contributed by atoms with Crippen LogP contribution in [0, 0.1) is 0 Å². The number of nitrogens with one attached hydrogen (secondary N) is 1. The van der Waals surface area contributed by atoms with Crippen molar-refractivity contribution in [3.63, 3.8) is 0 Å². The Balaban J connectivity index is 0.00000441. The van der Waals surface area contributed by atoms with E-state index in [2.05, 4.69) is 47.7 Å². The van der Waals surface area contributed by atoms with E-state index in [9.17, 15) is 0 Å². The predicted octanol–water partition coefficient (Wildman–Crippen LogP) is 3.78. The maximum Gasteiger partial charge on any atom is 0.194 e. The highest BCUT2D eigenvalue weighted by Gasteiger charge is 2.09. The van der Waals surface area contributed by atoms with E-state index in [-0.39, 0.29) is 24.0 Å². The monoisotopic (exact) mass is 420 g/mol. The van der Waals surface area contributed by atoms with Gasteiger partial charge in [-0.05, 0) is 25.7 Å². The van der Waals surface area contributed by atoms with Crippen LogP contribution >= 0.6 is 24.0 Å². The molecule has 0 bridgehead atoms. The summed E-state index contributed by atoms with van der Waals surface area (Å²) >= 11 is 0. The van der Waals surface area contributed by atoms with Gasteiger partial charge in [-0.15, -0.1) is 30.6 Å². The van der Waals surface area contributed by atoms with E-state index in [1.54, 1.807) is 0 Å². The van der Waals surface area contributed by atoms with Crippen molar-refractivity contribution >= 4 is 29.9 Å². The first kappa shape index (κ1) is 20.9. The fourth-order valence-corrected chi connectivity index (χ4v) is 1.88. The standard InChI is InChI=1S/C16H28N4O.HI/c1-6-8-9-10-20(5)16(17-7-2)18-12-14-11-15(13(3)4)19-21-14;/h6,11,13H,1,7-10,12H2,2-5H3,(H,17,18);1H. The molecule has 0 atom stereocenters. The number of unbranched alkanes of at least 4 members (excludes halogenated alkanes) is 1. The van der Waals surface area contributed by atoms with E-state index in [0.717, 1.165) is 43.3 Å². The summed E-state index contributed by atoms with van der Waals surface area (Å²) in [7, 11) is 2.05. The topological polar surface area (TPSA) is 53.7 Å². The zero-order valence-corrected chi connectivity index (χ0v) is 16.5. The number of aliphatic imine (C=N–C) groups is 1. The molecule has 1 aromatic heterocycles. The van der Waals surface area contributed by atoms with Crippen LogP contribution in [0.4, 0.5) is 0 Å². The lowest BCUT2D eigenvalue weighted by Crippen LogP contribution is -2.39. The summed E-state index contributed by atoms with van der Waals surface area (Å²) in [6, 6.07) is 1.98. The van der Waals surface area contributed by atoms with Crippen LogP contribution < -0.4 is 5.32 Å². The zero-order valence-electron chi connectivity index (χ0n) is 14.1. The fraction of sp³-hybridized carbons (Fsp3) is 0.625. The van der Waals surface area contributed by atoms with E-state index < -0.39 is 0 Å². The third kappa shape index (κ3) is 7.29.